The van der Waals surface area contributed by atoms with Gasteiger partial charge in [0.1, 0.15) is 0 Å². The van der Waals surface area contributed by atoms with Crippen LogP contribution in [0, 0.1) is 24.7 Å². The number of rotatable bonds is 3. The van der Waals surface area contributed by atoms with Gasteiger partial charge in [-0.1, -0.05) is 43.7 Å². The van der Waals surface area contributed by atoms with E-state index in [0.29, 0.717) is 5.92 Å². The zero-order valence-electron chi connectivity index (χ0n) is 11.9. The normalized spacial score (nSPS) is 28.6. The van der Waals surface area contributed by atoms with Crippen LogP contribution in [0.5, 0.6) is 0 Å². The average Bonchev–Trinajstić information content (AvgIpc) is 2.34. The van der Waals surface area contributed by atoms with Crippen molar-refractivity contribution in [2.75, 3.05) is 0 Å². The smallest absolute Gasteiger partial charge is 0.0571 e. The predicted octanol–water partition coefficient (Wildman–Crippen LogP) is 3.97. The Hall–Kier alpha value is -0.820. The van der Waals surface area contributed by atoms with Gasteiger partial charge in [0, 0.05) is 0 Å². The first kappa shape index (κ1) is 13.6. The second-order valence-electron chi connectivity index (χ2n) is 6.33. The zero-order valence-corrected chi connectivity index (χ0v) is 11.9. The molecule has 0 bridgehead atoms. The molecule has 3 unspecified atom stereocenters. The molecule has 1 saturated carbocycles. The molecular formula is C17H26O. The number of hydrogen-bond donors (Lipinski definition) is 1. The molecule has 1 aromatic carbocycles. The highest BCUT2D eigenvalue weighted by molar-refractivity contribution is 5.21. The maximum absolute atomic E-state index is 10.2. The SMILES string of the molecule is Cc1ccc(CC2CC(C(C)C)CCC2O)cc1. The topological polar surface area (TPSA) is 20.2 Å². The standard InChI is InChI=1S/C17H26O/c1-12(2)15-8-9-17(18)16(11-15)10-14-6-4-13(3)5-7-14/h4-7,12,15-18H,8-11H2,1-3H3. The van der Waals surface area contributed by atoms with Crippen molar-refractivity contribution in [2.24, 2.45) is 17.8 Å². The molecule has 1 N–H and O–H groups in total. The van der Waals surface area contributed by atoms with E-state index < -0.39 is 0 Å². The number of hydrogen-bond acceptors (Lipinski definition) is 1. The molecule has 1 fully saturated rings. The molecule has 0 heterocycles. The molecule has 1 aromatic rings. The van der Waals surface area contributed by atoms with Gasteiger partial charge in [-0.3, -0.25) is 0 Å². The number of aliphatic hydroxyl groups is 1. The molecule has 0 aliphatic heterocycles. The van der Waals surface area contributed by atoms with Crippen molar-refractivity contribution in [1.29, 1.82) is 0 Å². The predicted molar refractivity (Wildman–Crippen MR) is 76.6 cm³/mol. The van der Waals surface area contributed by atoms with E-state index in [0.717, 1.165) is 24.7 Å². The van der Waals surface area contributed by atoms with Crippen LogP contribution in [0.25, 0.3) is 0 Å². The van der Waals surface area contributed by atoms with Crippen LogP contribution < -0.4 is 0 Å². The molecule has 1 nitrogen and oxygen atoms in total. The monoisotopic (exact) mass is 246 g/mol. The summed E-state index contributed by atoms with van der Waals surface area (Å²) in [6.07, 6.45) is 4.31. The second-order valence-corrected chi connectivity index (χ2v) is 6.33. The lowest BCUT2D eigenvalue weighted by molar-refractivity contribution is 0.0378. The Morgan fingerprint density at radius 3 is 2.44 bits per heavy atom. The first-order valence-corrected chi connectivity index (χ1v) is 7.30. The Labute approximate surface area is 111 Å². The van der Waals surface area contributed by atoms with Gasteiger partial charge in [-0.05, 0) is 55.9 Å². The Morgan fingerprint density at radius 1 is 1.17 bits per heavy atom. The van der Waals surface area contributed by atoms with E-state index in [1.165, 1.54) is 24.0 Å². The summed E-state index contributed by atoms with van der Waals surface area (Å²) in [5.74, 6) is 2.00. The lowest BCUT2D eigenvalue weighted by atomic mass is 9.73. The minimum absolute atomic E-state index is 0.0960. The molecule has 1 aliphatic rings. The van der Waals surface area contributed by atoms with Crippen LogP contribution >= 0.6 is 0 Å². The summed E-state index contributed by atoms with van der Waals surface area (Å²) in [6, 6.07) is 8.76. The van der Waals surface area contributed by atoms with Crippen LogP contribution in [0.4, 0.5) is 0 Å². The number of benzene rings is 1. The molecule has 18 heavy (non-hydrogen) atoms. The van der Waals surface area contributed by atoms with Crippen molar-refractivity contribution in [1.82, 2.24) is 0 Å². The largest absolute Gasteiger partial charge is 0.393 e. The lowest BCUT2D eigenvalue weighted by Gasteiger charge is -2.35. The Morgan fingerprint density at radius 2 is 1.83 bits per heavy atom. The van der Waals surface area contributed by atoms with Gasteiger partial charge in [-0.15, -0.1) is 0 Å². The van der Waals surface area contributed by atoms with Gasteiger partial charge in [0.05, 0.1) is 6.10 Å². The summed E-state index contributed by atoms with van der Waals surface area (Å²) in [5.41, 5.74) is 2.68. The summed E-state index contributed by atoms with van der Waals surface area (Å²) in [5, 5.41) is 10.2. The maximum Gasteiger partial charge on any atom is 0.0571 e. The first-order chi connectivity index (χ1) is 8.56. The van der Waals surface area contributed by atoms with Gasteiger partial charge in [-0.2, -0.15) is 0 Å². The molecule has 0 aromatic heterocycles. The van der Waals surface area contributed by atoms with Crippen LogP contribution in [0.1, 0.15) is 44.2 Å². The van der Waals surface area contributed by atoms with Gasteiger partial charge in [0.15, 0.2) is 0 Å². The van der Waals surface area contributed by atoms with Crippen LogP contribution in [0.2, 0.25) is 0 Å². The van der Waals surface area contributed by atoms with E-state index in [1.54, 1.807) is 0 Å². The fourth-order valence-corrected chi connectivity index (χ4v) is 3.14. The van der Waals surface area contributed by atoms with Crippen LogP contribution in [0.3, 0.4) is 0 Å². The molecule has 2 rings (SSSR count). The van der Waals surface area contributed by atoms with E-state index in [1.807, 2.05) is 0 Å². The fraction of sp³-hybridized carbons (Fsp3) is 0.647. The van der Waals surface area contributed by atoms with E-state index in [9.17, 15) is 5.11 Å². The van der Waals surface area contributed by atoms with Crippen LogP contribution in [0.15, 0.2) is 24.3 Å². The Bertz CT molecular complexity index is 366. The van der Waals surface area contributed by atoms with Crippen molar-refractivity contribution in [3.05, 3.63) is 35.4 Å². The van der Waals surface area contributed by atoms with Gasteiger partial charge < -0.3 is 5.11 Å². The third-order valence-corrected chi connectivity index (χ3v) is 4.54. The highest BCUT2D eigenvalue weighted by atomic mass is 16.3. The molecule has 0 saturated heterocycles. The zero-order chi connectivity index (χ0) is 13.1. The van der Waals surface area contributed by atoms with Crippen molar-refractivity contribution >= 4 is 0 Å². The molecule has 3 atom stereocenters. The first-order valence-electron chi connectivity index (χ1n) is 7.30. The van der Waals surface area contributed by atoms with Gasteiger partial charge in [0.25, 0.3) is 0 Å². The molecule has 0 spiro atoms. The van der Waals surface area contributed by atoms with Crippen molar-refractivity contribution in [3.63, 3.8) is 0 Å². The third-order valence-electron chi connectivity index (χ3n) is 4.54. The molecule has 1 aliphatic carbocycles. The van der Waals surface area contributed by atoms with Crippen LogP contribution in [-0.4, -0.2) is 11.2 Å². The highest BCUT2D eigenvalue weighted by Crippen LogP contribution is 2.35. The fourth-order valence-electron chi connectivity index (χ4n) is 3.14. The Kier molecular flexibility index (Phi) is 4.45. The van der Waals surface area contributed by atoms with E-state index in [-0.39, 0.29) is 6.10 Å². The Balaban J connectivity index is 2.00. The highest BCUT2D eigenvalue weighted by Gasteiger charge is 2.30. The summed E-state index contributed by atoms with van der Waals surface area (Å²) in [7, 11) is 0. The minimum atomic E-state index is -0.0960. The van der Waals surface area contributed by atoms with E-state index in [2.05, 4.69) is 45.0 Å². The summed E-state index contributed by atoms with van der Waals surface area (Å²) >= 11 is 0. The number of aryl methyl sites for hydroxylation is 1. The number of aliphatic hydroxyl groups excluding tert-OH is 1. The quantitative estimate of drug-likeness (QED) is 0.855. The molecule has 0 radical (unpaired) electrons. The summed E-state index contributed by atoms with van der Waals surface area (Å²) in [4.78, 5) is 0. The molecule has 100 valence electrons. The van der Waals surface area contributed by atoms with Crippen molar-refractivity contribution in [2.45, 2.75) is 52.6 Å². The minimum Gasteiger partial charge on any atom is -0.393 e. The molecule has 0 amide bonds. The second kappa shape index (κ2) is 5.88. The summed E-state index contributed by atoms with van der Waals surface area (Å²) in [6.45, 7) is 6.74. The van der Waals surface area contributed by atoms with Gasteiger partial charge in [-0.25, -0.2) is 0 Å². The third kappa shape index (κ3) is 3.35. The molecular weight excluding hydrogens is 220 g/mol. The molecule has 1 heteroatoms. The average molecular weight is 246 g/mol. The lowest BCUT2D eigenvalue weighted by Crippen LogP contribution is -2.32. The van der Waals surface area contributed by atoms with Crippen LogP contribution in [-0.2, 0) is 6.42 Å². The van der Waals surface area contributed by atoms with Gasteiger partial charge >= 0.3 is 0 Å². The van der Waals surface area contributed by atoms with E-state index >= 15 is 0 Å². The van der Waals surface area contributed by atoms with Crippen molar-refractivity contribution in [3.8, 4) is 0 Å². The summed E-state index contributed by atoms with van der Waals surface area (Å²) < 4.78 is 0. The van der Waals surface area contributed by atoms with Gasteiger partial charge in [0.2, 0.25) is 0 Å². The van der Waals surface area contributed by atoms with E-state index in [4.69, 9.17) is 0 Å². The van der Waals surface area contributed by atoms with Crippen molar-refractivity contribution < 1.29 is 5.11 Å². The maximum atomic E-state index is 10.2.